The number of rotatable bonds is 4. The smallest absolute Gasteiger partial charge is 0.261 e. The van der Waals surface area contributed by atoms with Gasteiger partial charge in [0, 0.05) is 5.92 Å². The highest BCUT2D eigenvalue weighted by Gasteiger charge is 2.29. The first-order valence-corrected chi connectivity index (χ1v) is 8.58. The third kappa shape index (κ3) is 2.46. The first kappa shape index (κ1) is 13.3. The van der Waals surface area contributed by atoms with E-state index in [0.29, 0.717) is 22.7 Å². The molecule has 0 amide bonds. The number of nitrogens with one attached hydrogen (secondary N) is 1. The van der Waals surface area contributed by atoms with E-state index in [2.05, 4.69) is 9.71 Å². The van der Waals surface area contributed by atoms with Gasteiger partial charge in [0.15, 0.2) is 11.5 Å². The summed E-state index contributed by atoms with van der Waals surface area (Å²) in [6.45, 7) is 0. The Kier molecular flexibility index (Phi) is 2.94. The highest BCUT2D eigenvalue weighted by Crippen LogP contribution is 2.40. The predicted molar refractivity (Wildman–Crippen MR) is 83.2 cm³/mol. The second-order valence-corrected chi connectivity index (χ2v) is 7.11. The Morgan fingerprint density at radius 2 is 1.86 bits per heavy atom. The second-order valence-electron chi connectivity index (χ2n) is 5.43. The molecule has 5 nitrogen and oxygen atoms in total. The highest BCUT2D eigenvalue weighted by molar-refractivity contribution is 7.92. The molecule has 0 spiro atoms. The third-order valence-corrected chi connectivity index (χ3v) is 5.03. The van der Waals surface area contributed by atoms with Crippen molar-refractivity contribution in [3.8, 4) is 0 Å². The van der Waals surface area contributed by atoms with Gasteiger partial charge in [-0.2, -0.15) is 0 Å². The third-order valence-electron chi connectivity index (χ3n) is 3.64. The topological polar surface area (TPSA) is 72.2 Å². The molecule has 1 N–H and O–H groups in total. The SMILES string of the molecule is O=S(=O)(Nc1ccc2oc(C3CC3)nc2c1)c1ccccc1. The van der Waals surface area contributed by atoms with Crippen molar-refractivity contribution in [3.63, 3.8) is 0 Å². The minimum atomic E-state index is -3.59. The van der Waals surface area contributed by atoms with Gasteiger partial charge in [-0.3, -0.25) is 4.72 Å². The molecule has 0 radical (unpaired) electrons. The van der Waals surface area contributed by atoms with Crippen LogP contribution in [-0.4, -0.2) is 13.4 Å². The van der Waals surface area contributed by atoms with E-state index >= 15 is 0 Å². The van der Waals surface area contributed by atoms with Gasteiger partial charge in [0.05, 0.1) is 10.6 Å². The summed E-state index contributed by atoms with van der Waals surface area (Å²) in [4.78, 5) is 4.67. The van der Waals surface area contributed by atoms with Crippen molar-refractivity contribution in [1.82, 2.24) is 4.98 Å². The molecule has 2 aromatic carbocycles. The van der Waals surface area contributed by atoms with Crippen LogP contribution < -0.4 is 4.72 Å². The van der Waals surface area contributed by atoms with Crippen LogP contribution in [0.4, 0.5) is 5.69 Å². The van der Waals surface area contributed by atoms with Crippen molar-refractivity contribution in [1.29, 1.82) is 0 Å². The molecule has 3 aromatic rings. The zero-order chi connectivity index (χ0) is 15.2. The summed E-state index contributed by atoms with van der Waals surface area (Å²) in [5, 5.41) is 0. The van der Waals surface area contributed by atoms with Gasteiger partial charge < -0.3 is 4.42 Å². The summed E-state index contributed by atoms with van der Waals surface area (Å²) in [5.74, 6) is 1.18. The number of fused-ring (bicyclic) bond motifs is 1. The summed E-state index contributed by atoms with van der Waals surface area (Å²) in [6, 6.07) is 13.4. The fourth-order valence-corrected chi connectivity index (χ4v) is 3.40. The van der Waals surface area contributed by atoms with Crippen LogP contribution in [0.3, 0.4) is 0 Å². The van der Waals surface area contributed by atoms with Crippen LogP contribution in [0, 0.1) is 0 Å². The fraction of sp³-hybridized carbons (Fsp3) is 0.188. The fourth-order valence-electron chi connectivity index (χ4n) is 2.33. The molecule has 4 rings (SSSR count). The van der Waals surface area contributed by atoms with Gasteiger partial charge in [0.1, 0.15) is 5.52 Å². The molecule has 1 aliphatic carbocycles. The minimum absolute atomic E-state index is 0.230. The molecule has 0 bridgehead atoms. The summed E-state index contributed by atoms with van der Waals surface area (Å²) in [7, 11) is -3.59. The number of aromatic nitrogens is 1. The summed E-state index contributed by atoms with van der Waals surface area (Å²) in [5.41, 5.74) is 1.84. The van der Waals surface area contributed by atoms with E-state index in [1.165, 1.54) is 0 Å². The lowest BCUT2D eigenvalue weighted by molar-refractivity contribution is 0.533. The molecule has 22 heavy (non-hydrogen) atoms. The van der Waals surface area contributed by atoms with Crippen LogP contribution in [0.5, 0.6) is 0 Å². The van der Waals surface area contributed by atoms with Gasteiger partial charge in [0.2, 0.25) is 0 Å². The molecule has 0 saturated heterocycles. The number of hydrogen-bond acceptors (Lipinski definition) is 4. The normalized spacial score (nSPS) is 15.1. The quantitative estimate of drug-likeness (QED) is 0.800. The van der Waals surface area contributed by atoms with E-state index in [1.807, 2.05) is 0 Å². The van der Waals surface area contributed by atoms with Gasteiger partial charge >= 0.3 is 0 Å². The maximum Gasteiger partial charge on any atom is 0.261 e. The zero-order valence-electron chi connectivity index (χ0n) is 11.7. The van der Waals surface area contributed by atoms with E-state index in [0.717, 1.165) is 18.7 Å². The van der Waals surface area contributed by atoms with E-state index in [-0.39, 0.29) is 4.90 Å². The van der Waals surface area contributed by atoms with Crippen LogP contribution in [0.2, 0.25) is 0 Å². The molecule has 1 aliphatic rings. The molecule has 0 unspecified atom stereocenters. The first-order valence-electron chi connectivity index (χ1n) is 7.10. The van der Waals surface area contributed by atoms with Crippen molar-refractivity contribution >= 4 is 26.8 Å². The summed E-state index contributed by atoms with van der Waals surface area (Å²) in [6.07, 6.45) is 2.22. The molecule has 1 fully saturated rings. The van der Waals surface area contributed by atoms with E-state index in [1.54, 1.807) is 48.5 Å². The molecule has 0 atom stereocenters. The lowest BCUT2D eigenvalue weighted by atomic mass is 10.3. The van der Waals surface area contributed by atoms with Crippen molar-refractivity contribution in [3.05, 3.63) is 54.4 Å². The Labute approximate surface area is 128 Å². The number of benzene rings is 2. The van der Waals surface area contributed by atoms with Crippen molar-refractivity contribution in [2.24, 2.45) is 0 Å². The Morgan fingerprint density at radius 1 is 1.09 bits per heavy atom. The van der Waals surface area contributed by atoms with Crippen LogP contribution in [-0.2, 0) is 10.0 Å². The van der Waals surface area contributed by atoms with Gasteiger partial charge in [-0.05, 0) is 43.2 Å². The molecule has 0 aliphatic heterocycles. The highest BCUT2D eigenvalue weighted by atomic mass is 32.2. The van der Waals surface area contributed by atoms with Gasteiger partial charge in [-0.15, -0.1) is 0 Å². The number of anilines is 1. The van der Waals surface area contributed by atoms with E-state index < -0.39 is 10.0 Å². The lowest BCUT2D eigenvalue weighted by Gasteiger charge is -2.07. The van der Waals surface area contributed by atoms with E-state index in [9.17, 15) is 8.42 Å². The monoisotopic (exact) mass is 314 g/mol. The molecule has 112 valence electrons. The number of nitrogens with zero attached hydrogens (tertiary/aromatic N) is 1. The standard InChI is InChI=1S/C16H14N2O3S/c19-22(20,13-4-2-1-3-5-13)18-12-8-9-15-14(10-12)17-16(21-15)11-6-7-11/h1-5,8-11,18H,6-7H2. The number of sulfonamides is 1. The maximum atomic E-state index is 12.3. The summed E-state index contributed by atoms with van der Waals surface area (Å²) < 4.78 is 32.9. The molecule has 6 heteroatoms. The minimum Gasteiger partial charge on any atom is -0.440 e. The van der Waals surface area contributed by atoms with Crippen LogP contribution in [0.25, 0.3) is 11.1 Å². The van der Waals surface area contributed by atoms with Gasteiger partial charge in [-0.1, -0.05) is 18.2 Å². The largest absolute Gasteiger partial charge is 0.440 e. The predicted octanol–water partition coefficient (Wildman–Crippen LogP) is 3.51. The lowest BCUT2D eigenvalue weighted by Crippen LogP contribution is -2.12. The number of hydrogen-bond donors (Lipinski definition) is 1. The maximum absolute atomic E-state index is 12.3. The van der Waals surface area contributed by atoms with Gasteiger partial charge in [-0.25, -0.2) is 13.4 Å². The molecule has 1 heterocycles. The molecular formula is C16H14N2O3S. The van der Waals surface area contributed by atoms with Gasteiger partial charge in [0.25, 0.3) is 10.0 Å². The van der Waals surface area contributed by atoms with Crippen molar-refractivity contribution in [2.45, 2.75) is 23.7 Å². The van der Waals surface area contributed by atoms with Crippen LogP contribution >= 0.6 is 0 Å². The zero-order valence-corrected chi connectivity index (χ0v) is 12.5. The average Bonchev–Trinajstić information content (AvgIpc) is 3.28. The first-order chi connectivity index (χ1) is 10.6. The average molecular weight is 314 g/mol. The molecule has 1 aromatic heterocycles. The Balaban J connectivity index is 1.66. The molecular weight excluding hydrogens is 300 g/mol. The summed E-state index contributed by atoms with van der Waals surface area (Å²) >= 11 is 0. The Bertz CT molecular complexity index is 928. The Morgan fingerprint density at radius 3 is 2.59 bits per heavy atom. The van der Waals surface area contributed by atoms with Crippen molar-refractivity contribution < 1.29 is 12.8 Å². The Hall–Kier alpha value is -2.34. The van der Waals surface area contributed by atoms with E-state index in [4.69, 9.17) is 4.42 Å². The van der Waals surface area contributed by atoms with Crippen LogP contribution in [0.15, 0.2) is 57.8 Å². The molecule has 1 saturated carbocycles. The van der Waals surface area contributed by atoms with Crippen molar-refractivity contribution in [2.75, 3.05) is 4.72 Å². The second kappa shape index (κ2) is 4.84. The number of oxazole rings is 1. The van der Waals surface area contributed by atoms with Crippen LogP contribution in [0.1, 0.15) is 24.7 Å².